The average Bonchev–Trinajstić information content (AvgIpc) is 2.96. The van der Waals surface area contributed by atoms with Crippen LogP contribution in [0.2, 0.25) is 0 Å². The van der Waals surface area contributed by atoms with Crippen LogP contribution in [0.4, 0.5) is 5.69 Å². The highest BCUT2D eigenvalue weighted by Gasteiger charge is 2.43. The second-order valence-corrected chi connectivity index (χ2v) is 7.01. The summed E-state index contributed by atoms with van der Waals surface area (Å²) >= 11 is 0. The standard InChI is InChI=1S/C21H20N2O4/c24-19-12-18(22-10-9-15-3-1-2-4-16(15)13-22)21(27)23(19)17-7-5-14(6-8-17)11-20(25)26/h1-8,18H,9-13H2,(H,25,26). The topological polar surface area (TPSA) is 77.9 Å². The summed E-state index contributed by atoms with van der Waals surface area (Å²) in [5.41, 5.74) is 3.64. The van der Waals surface area contributed by atoms with Gasteiger partial charge >= 0.3 is 5.97 Å². The van der Waals surface area contributed by atoms with E-state index in [-0.39, 0.29) is 24.7 Å². The first-order valence-electron chi connectivity index (χ1n) is 9.01. The smallest absolute Gasteiger partial charge is 0.307 e. The zero-order valence-electron chi connectivity index (χ0n) is 14.8. The molecule has 2 amide bonds. The second-order valence-electron chi connectivity index (χ2n) is 7.01. The molecule has 6 heteroatoms. The van der Waals surface area contributed by atoms with E-state index < -0.39 is 12.0 Å². The minimum absolute atomic E-state index is 0.0853. The molecule has 1 atom stereocenters. The molecule has 2 heterocycles. The molecule has 0 saturated carbocycles. The number of imide groups is 1. The quantitative estimate of drug-likeness (QED) is 0.840. The molecule has 138 valence electrons. The molecule has 2 aromatic carbocycles. The number of benzene rings is 2. The van der Waals surface area contributed by atoms with E-state index in [1.807, 2.05) is 12.1 Å². The Kier molecular flexibility index (Phi) is 4.49. The van der Waals surface area contributed by atoms with E-state index in [4.69, 9.17) is 5.11 Å². The van der Waals surface area contributed by atoms with E-state index in [1.54, 1.807) is 24.3 Å². The number of rotatable bonds is 4. The van der Waals surface area contributed by atoms with Crippen LogP contribution in [0.3, 0.4) is 0 Å². The van der Waals surface area contributed by atoms with Crippen LogP contribution in [0.25, 0.3) is 0 Å². The number of carboxylic acid groups (broad SMARTS) is 1. The number of anilines is 1. The maximum absolute atomic E-state index is 13.0. The molecule has 0 bridgehead atoms. The van der Waals surface area contributed by atoms with Crippen molar-refractivity contribution in [2.24, 2.45) is 0 Å². The molecule has 1 unspecified atom stereocenters. The summed E-state index contributed by atoms with van der Waals surface area (Å²) in [5, 5.41) is 8.86. The maximum Gasteiger partial charge on any atom is 0.307 e. The van der Waals surface area contributed by atoms with Crippen molar-refractivity contribution in [3.63, 3.8) is 0 Å². The molecular weight excluding hydrogens is 344 g/mol. The zero-order chi connectivity index (χ0) is 19.0. The van der Waals surface area contributed by atoms with E-state index in [9.17, 15) is 14.4 Å². The second kappa shape index (κ2) is 6.96. The van der Waals surface area contributed by atoms with Gasteiger partial charge in [0.15, 0.2) is 0 Å². The Balaban J connectivity index is 1.52. The van der Waals surface area contributed by atoms with Crippen LogP contribution < -0.4 is 4.90 Å². The molecule has 0 spiro atoms. The van der Waals surface area contributed by atoms with Crippen LogP contribution in [0.1, 0.15) is 23.1 Å². The minimum Gasteiger partial charge on any atom is -0.481 e. The van der Waals surface area contributed by atoms with Crippen molar-refractivity contribution < 1.29 is 19.5 Å². The van der Waals surface area contributed by atoms with Crippen LogP contribution in [-0.4, -0.2) is 40.4 Å². The third kappa shape index (κ3) is 3.36. The Hall–Kier alpha value is -2.99. The Morgan fingerprint density at radius 1 is 1.04 bits per heavy atom. The fourth-order valence-electron chi connectivity index (χ4n) is 3.89. The summed E-state index contributed by atoms with van der Waals surface area (Å²) in [6, 6.07) is 14.3. The first-order valence-corrected chi connectivity index (χ1v) is 9.01. The highest BCUT2D eigenvalue weighted by atomic mass is 16.4. The largest absolute Gasteiger partial charge is 0.481 e. The summed E-state index contributed by atoms with van der Waals surface area (Å²) in [6.07, 6.45) is 0.966. The van der Waals surface area contributed by atoms with Gasteiger partial charge in [-0.3, -0.25) is 19.3 Å². The molecule has 1 saturated heterocycles. The normalized spacial score (nSPS) is 20.0. The number of fused-ring (bicyclic) bond motifs is 1. The van der Waals surface area contributed by atoms with Crippen molar-refractivity contribution in [1.29, 1.82) is 0 Å². The number of nitrogens with zero attached hydrogens (tertiary/aromatic N) is 2. The van der Waals surface area contributed by atoms with Gasteiger partial charge in [-0.05, 0) is 35.2 Å². The lowest BCUT2D eigenvalue weighted by atomic mass is 9.98. The minimum atomic E-state index is -0.915. The number of hydrogen-bond acceptors (Lipinski definition) is 4. The third-order valence-corrected chi connectivity index (χ3v) is 5.27. The van der Waals surface area contributed by atoms with Crippen molar-refractivity contribution in [1.82, 2.24) is 4.90 Å². The molecular formula is C21H20N2O4. The van der Waals surface area contributed by atoms with Crippen molar-refractivity contribution >= 4 is 23.5 Å². The molecule has 1 N–H and O–H groups in total. The Morgan fingerprint density at radius 3 is 2.44 bits per heavy atom. The summed E-state index contributed by atoms with van der Waals surface area (Å²) in [6.45, 7) is 1.43. The molecule has 0 radical (unpaired) electrons. The summed E-state index contributed by atoms with van der Waals surface area (Å²) in [4.78, 5) is 39.6. The monoisotopic (exact) mass is 364 g/mol. The highest BCUT2D eigenvalue weighted by Crippen LogP contribution is 2.29. The van der Waals surface area contributed by atoms with Gasteiger partial charge in [0.2, 0.25) is 5.91 Å². The van der Waals surface area contributed by atoms with Crippen LogP contribution >= 0.6 is 0 Å². The van der Waals surface area contributed by atoms with Crippen LogP contribution in [0.15, 0.2) is 48.5 Å². The van der Waals surface area contributed by atoms with E-state index in [0.717, 1.165) is 13.0 Å². The molecule has 1 fully saturated rings. The predicted octanol–water partition coefficient (Wildman–Crippen LogP) is 2.00. The first kappa shape index (κ1) is 17.4. The molecule has 27 heavy (non-hydrogen) atoms. The van der Waals surface area contributed by atoms with Crippen molar-refractivity contribution in [2.75, 3.05) is 11.4 Å². The highest BCUT2D eigenvalue weighted by molar-refractivity contribution is 6.22. The third-order valence-electron chi connectivity index (χ3n) is 5.27. The van der Waals surface area contributed by atoms with Crippen LogP contribution in [0, 0.1) is 0 Å². The van der Waals surface area contributed by atoms with Gasteiger partial charge in [0, 0.05) is 13.1 Å². The fourth-order valence-corrected chi connectivity index (χ4v) is 3.89. The first-order chi connectivity index (χ1) is 13.0. The molecule has 2 aliphatic heterocycles. The summed E-state index contributed by atoms with van der Waals surface area (Å²) in [5.74, 6) is -1.33. The van der Waals surface area contributed by atoms with Gasteiger partial charge in [0.25, 0.3) is 5.91 Å². The Labute approximate surface area is 157 Å². The van der Waals surface area contributed by atoms with Gasteiger partial charge in [-0.2, -0.15) is 0 Å². The van der Waals surface area contributed by atoms with Gasteiger partial charge < -0.3 is 5.11 Å². The van der Waals surface area contributed by atoms with E-state index in [0.29, 0.717) is 17.8 Å². The fraction of sp³-hybridized carbons (Fsp3) is 0.286. The number of carbonyl (C=O) groups is 3. The van der Waals surface area contributed by atoms with E-state index >= 15 is 0 Å². The maximum atomic E-state index is 13.0. The zero-order valence-corrected chi connectivity index (χ0v) is 14.8. The molecule has 0 aliphatic carbocycles. The number of amides is 2. The van der Waals surface area contributed by atoms with E-state index in [2.05, 4.69) is 17.0 Å². The van der Waals surface area contributed by atoms with Gasteiger partial charge in [0.05, 0.1) is 24.6 Å². The van der Waals surface area contributed by atoms with Gasteiger partial charge in [-0.1, -0.05) is 36.4 Å². The number of carbonyl (C=O) groups excluding carboxylic acids is 2. The molecule has 2 aliphatic rings. The van der Waals surface area contributed by atoms with E-state index in [1.165, 1.54) is 16.0 Å². The van der Waals surface area contributed by atoms with Crippen molar-refractivity contribution in [3.05, 3.63) is 65.2 Å². The predicted molar refractivity (Wildman–Crippen MR) is 99.2 cm³/mol. The lowest BCUT2D eigenvalue weighted by Crippen LogP contribution is -2.44. The van der Waals surface area contributed by atoms with Crippen molar-refractivity contribution in [3.8, 4) is 0 Å². The Morgan fingerprint density at radius 2 is 1.74 bits per heavy atom. The number of hydrogen-bond donors (Lipinski definition) is 1. The lowest BCUT2D eigenvalue weighted by molar-refractivity contribution is -0.136. The summed E-state index contributed by atoms with van der Waals surface area (Å²) in [7, 11) is 0. The molecule has 0 aromatic heterocycles. The van der Waals surface area contributed by atoms with Gasteiger partial charge in [-0.25, -0.2) is 4.90 Å². The van der Waals surface area contributed by atoms with Crippen LogP contribution in [0.5, 0.6) is 0 Å². The molecule has 2 aromatic rings. The molecule has 6 nitrogen and oxygen atoms in total. The van der Waals surface area contributed by atoms with Gasteiger partial charge in [-0.15, -0.1) is 0 Å². The summed E-state index contributed by atoms with van der Waals surface area (Å²) < 4.78 is 0. The van der Waals surface area contributed by atoms with Gasteiger partial charge in [0.1, 0.15) is 0 Å². The molecule has 4 rings (SSSR count). The number of carboxylic acids is 1. The number of aliphatic carboxylic acids is 1. The average molecular weight is 364 g/mol. The lowest BCUT2D eigenvalue weighted by Gasteiger charge is -2.32. The van der Waals surface area contributed by atoms with Crippen molar-refractivity contribution in [2.45, 2.75) is 31.8 Å². The van der Waals surface area contributed by atoms with Crippen LogP contribution in [-0.2, 0) is 33.8 Å². The Bertz CT molecular complexity index is 907. The SMILES string of the molecule is O=C(O)Cc1ccc(N2C(=O)CC(N3CCc4ccccc4C3)C2=O)cc1.